The number of aromatic nitrogens is 3. The summed E-state index contributed by atoms with van der Waals surface area (Å²) in [6.45, 7) is 0.329. The van der Waals surface area contributed by atoms with Crippen LogP contribution in [0.1, 0.15) is 15.4 Å². The van der Waals surface area contributed by atoms with Gasteiger partial charge in [-0.3, -0.25) is 4.79 Å². The molecule has 1 amide bonds. The second-order valence-corrected chi connectivity index (χ2v) is 4.97. The van der Waals surface area contributed by atoms with Crippen molar-refractivity contribution in [1.29, 1.82) is 0 Å². The third-order valence-electron chi connectivity index (χ3n) is 2.30. The Balaban J connectivity index is 2.04. The number of rotatable bonds is 4. The van der Waals surface area contributed by atoms with Crippen LogP contribution in [0.15, 0.2) is 18.6 Å². The molecule has 0 saturated carbocycles. The molecule has 0 atom stereocenters. The van der Waals surface area contributed by atoms with Crippen molar-refractivity contribution < 1.29 is 4.79 Å². The van der Waals surface area contributed by atoms with E-state index in [0.717, 1.165) is 5.69 Å². The maximum Gasteiger partial charge on any atom is 0.265 e. The summed E-state index contributed by atoms with van der Waals surface area (Å²) >= 11 is 1.26. The van der Waals surface area contributed by atoms with Gasteiger partial charge in [0.1, 0.15) is 17.0 Å². The van der Waals surface area contributed by atoms with Crippen molar-refractivity contribution in [2.75, 3.05) is 24.7 Å². The van der Waals surface area contributed by atoms with Crippen molar-refractivity contribution in [3.63, 3.8) is 0 Å². The van der Waals surface area contributed by atoms with E-state index in [2.05, 4.69) is 20.3 Å². The zero-order valence-corrected chi connectivity index (χ0v) is 11.4. The van der Waals surface area contributed by atoms with E-state index in [0.29, 0.717) is 16.6 Å². The van der Waals surface area contributed by atoms with Gasteiger partial charge in [-0.1, -0.05) is 11.3 Å². The van der Waals surface area contributed by atoms with Crippen LogP contribution in [0.25, 0.3) is 0 Å². The summed E-state index contributed by atoms with van der Waals surface area (Å²) in [6.07, 6.45) is 3.06. The maximum atomic E-state index is 12.0. The second-order valence-electron chi connectivity index (χ2n) is 3.99. The molecule has 0 saturated heterocycles. The van der Waals surface area contributed by atoms with Gasteiger partial charge in [-0.05, 0) is 6.07 Å². The zero-order chi connectivity index (χ0) is 13.8. The van der Waals surface area contributed by atoms with Crippen LogP contribution in [-0.4, -0.2) is 35.0 Å². The standard InChI is InChI=1S/C11H14N6OS/c1-17(2)11-16-9(12)8(19-11)10(18)14-5-7-3-4-13-6-15-7/h3-4,6H,5,12H2,1-2H3,(H,14,18). The molecule has 0 bridgehead atoms. The second kappa shape index (κ2) is 5.61. The van der Waals surface area contributed by atoms with Gasteiger partial charge >= 0.3 is 0 Å². The Morgan fingerprint density at radius 2 is 2.32 bits per heavy atom. The van der Waals surface area contributed by atoms with Crippen LogP contribution in [0.3, 0.4) is 0 Å². The number of thiazole rings is 1. The summed E-state index contributed by atoms with van der Waals surface area (Å²) in [5, 5.41) is 3.45. The van der Waals surface area contributed by atoms with Crippen LogP contribution >= 0.6 is 11.3 Å². The number of nitrogens with zero attached hydrogens (tertiary/aromatic N) is 4. The van der Waals surface area contributed by atoms with E-state index in [9.17, 15) is 4.79 Å². The number of nitrogens with one attached hydrogen (secondary N) is 1. The predicted molar refractivity (Wildman–Crippen MR) is 74.1 cm³/mol. The lowest BCUT2D eigenvalue weighted by molar-refractivity contribution is 0.0955. The third kappa shape index (κ3) is 3.16. The van der Waals surface area contributed by atoms with E-state index in [4.69, 9.17) is 5.73 Å². The van der Waals surface area contributed by atoms with E-state index in [-0.39, 0.29) is 11.7 Å². The largest absolute Gasteiger partial charge is 0.382 e. The molecule has 3 N–H and O–H groups in total. The van der Waals surface area contributed by atoms with Crippen LogP contribution in [0.4, 0.5) is 10.9 Å². The van der Waals surface area contributed by atoms with Crippen molar-refractivity contribution in [2.24, 2.45) is 0 Å². The quantitative estimate of drug-likeness (QED) is 0.846. The van der Waals surface area contributed by atoms with E-state index >= 15 is 0 Å². The Kier molecular flexibility index (Phi) is 3.91. The van der Waals surface area contributed by atoms with Crippen LogP contribution < -0.4 is 16.0 Å². The SMILES string of the molecule is CN(C)c1nc(N)c(C(=O)NCc2ccncn2)s1. The van der Waals surface area contributed by atoms with Gasteiger partial charge in [0.25, 0.3) is 5.91 Å². The molecule has 2 aromatic heterocycles. The molecule has 0 spiro atoms. The molecule has 2 aromatic rings. The average molecular weight is 278 g/mol. The summed E-state index contributed by atoms with van der Waals surface area (Å²) in [5.41, 5.74) is 6.47. The van der Waals surface area contributed by atoms with Gasteiger partial charge in [-0.2, -0.15) is 0 Å². The van der Waals surface area contributed by atoms with E-state index in [1.165, 1.54) is 17.7 Å². The van der Waals surface area contributed by atoms with Crippen LogP contribution in [0.2, 0.25) is 0 Å². The number of carbonyl (C=O) groups is 1. The summed E-state index contributed by atoms with van der Waals surface area (Å²) in [7, 11) is 3.70. The Bertz CT molecular complexity index is 568. The molecule has 8 heteroatoms. The van der Waals surface area contributed by atoms with Crippen LogP contribution in [0, 0.1) is 0 Å². The first-order chi connectivity index (χ1) is 9.08. The van der Waals surface area contributed by atoms with Crippen molar-refractivity contribution in [3.8, 4) is 0 Å². The van der Waals surface area contributed by atoms with Gasteiger partial charge in [-0.25, -0.2) is 15.0 Å². The third-order valence-corrected chi connectivity index (χ3v) is 3.54. The molecule has 7 nitrogen and oxygen atoms in total. The summed E-state index contributed by atoms with van der Waals surface area (Å²) in [4.78, 5) is 26.2. The maximum absolute atomic E-state index is 12.0. The number of anilines is 2. The Hall–Kier alpha value is -2.22. The normalized spacial score (nSPS) is 10.2. The molecule has 0 radical (unpaired) electrons. The lowest BCUT2D eigenvalue weighted by Gasteiger charge is -2.05. The summed E-state index contributed by atoms with van der Waals surface area (Å²) < 4.78 is 0. The van der Waals surface area contributed by atoms with E-state index in [1.54, 1.807) is 12.3 Å². The van der Waals surface area contributed by atoms with Crippen molar-refractivity contribution >= 4 is 28.2 Å². The molecule has 2 rings (SSSR count). The molecule has 0 aromatic carbocycles. The summed E-state index contributed by atoms with van der Waals surface area (Å²) in [5.74, 6) is -0.00407. The van der Waals surface area contributed by atoms with Gasteiger partial charge < -0.3 is 16.0 Å². The number of nitrogens with two attached hydrogens (primary N) is 1. The van der Waals surface area contributed by atoms with Crippen molar-refractivity contribution in [2.45, 2.75) is 6.54 Å². The number of amides is 1. The highest BCUT2D eigenvalue weighted by Crippen LogP contribution is 2.26. The highest BCUT2D eigenvalue weighted by Gasteiger charge is 2.16. The Labute approximate surface area is 114 Å². The minimum Gasteiger partial charge on any atom is -0.382 e. The molecule has 2 heterocycles. The Morgan fingerprint density at radius 1 is 1.53 bits per heavy atom. The molecule has 100 valence electrons. The number of hydrogen-bond acceptors (Lipinski definition) is 7. The fraction of sp³-hybridized carbons (Fsp3) is 0.273. The number of nitrogen functional groups attached to an aromatic ring is 1. The topological polar surface area (TPSA) is 97.0 Å². The average Bonchev–Trinajstić information content (AvgIpc) is 2.80. The van der Waals surface area contributed by atoms with Gasteiger partial charge in [0.05, 0.1) is 12.2 Å². The van der Waals surface area contributed by atoms with E-state index < -0.39 is 0 Å². The lowest BCUT2D eigenvalue weighted by Crippen LogP contribution is -2.23. The zero-order valence-electron chi connectivity index (χ0n) is 10.6. The molecule has 0 unspecified atom stereocenters. The van der Waals surface area contributed by atoms with Gasteiger partial charge in [-0.15, -0.1) is 0 Å². The molecular formula is C11H14N6OS. The molecule has 0 aliphatic carbocycles. The highest BCUT2D eigenvalue weighted by molar-refractivity contribution is 7.18. The van der Waals surface area contributed by atoms with E-state index in [1.807, 2.05) is 19.0 Å². The lowest BCUT2D eigenvalue weighted by atomic mass is 10.4. The fourth-order valence-electron chi connectivity index (χ4n) is 1.35. The smallest absolute Gasteiger partial charge is 0.265 e. The van der Waals surface area contributed by atoms with Crippen molar-refractivity contribution in [1.82, 2.24) is 20.3 Å². The minimum absolute atomic E-state index is 0.244. The summed E-state index contributed by atoms with van der Waals surface area (Å²) in [6, 6.07) is 1.74. The first-order valence-electron chi connectivity index (χ1n) is 5.54. The first-order valence-corrected chi connectivity index (χ1v) is 6.36. The van der Waals surface area contributed by atoms with Gasteiger partial charge in [0.15, 0.2) is 5.13 Å². The van der Waals surface area contributed by atoms with Gasteiger partial charge in [0.2, 0.25) is 0 Å². The first kappa shape index (κ1) is 13.2. The highest BCUT2D eigenvalue weighted by atomic mass is 32.1. The minimum atomic E-state index is -0.248. The van der Waals surface area contributed by atoms with Crippen LogP contribution in [-0.2, 0) is 6.54 Å². The molecule has 19 heavy (non-hydrogen) atoms. The predicted octanol–water partition coefficient (Wildman–Crippen LogP) is 0.511. The van der Waals surface area contributed by atoms with Crippen LogP contribution in [0.5, 0.6) is 0 Å². The monoisotopic (exact) mass is 278 g/mol. The van der Waals surface area contributed by atoms with Gasteiger partial charge in [0, 0.05) is 20.3 Å². The molecular weight excluding hydrogens is 264 g/mol. The number of hydrogen-bond donors (Lipinski definition) is 2. The van der Waals surface area contributed by atoms with Crippen molar-refractivity contribution in [3.05, 3.63) is 29.2 Å². The molecule has 0 fully saturated rings. The Morgan fingerprint density at radius 3 is 2.89 bits per heavy atom. The number of carbonyl (C=O) groups excluding carboxylic acids is 1. The molecule has 0 aliphatic heterocycles. The fourth-order valence-corrected chi connectivity index (χ4v) is 2.17. The molecule has 0 aliphatic rings.